The standard InChI is InChI=1S/C17H14ClNO2/c1-9-5-3-4-6-11(9)15-12-8-13(18)10(2)7-14(12)21-17(20)16(15)19/h3-8H,19H2,1-2H3. The summed E-state index contributed by atoms with van der Waals surface area (Å²) in [7, 11) is 0. The smallest absolute Gasteiger partial charge is 0.360 e. The Morgan fingerprint density at radius 2 is 1.81 bits per heavy atom. The van der Waals surface area contributed by atoms with Gasteiger partial charge in [0, 0.05) is 16.0 Å². The number of benzene rings is 2. The highest BCUT2D eigenvalue weighted by molar-refractivity contribution is 6.32. The number of aryl methyl sites for hydroxylation is 2. The first-order valence-corrected chi connectivity index (χ1v) is 6.95. The second-order valence-corrected chi connectivity index (χ2v) is 5.50. The molecule has 0 radical (unpaired) electrons. The van der Waals surface area contributed by atoms with Gasteiger partial charge in [0.1, 0.15) is 11.3 Å². The third-order valence-corrected chi connectivity index (χ3v) is 4.04. The maximum Gasteiger partial charge on any atom is 0.360 e. The van der Waals surface area contributed by atoms with Gasteiger partial charge in [-0.05, 0) is 42.7 Å². The van der Waals surface area contributed by atoms with E-state index in [1.165, 1.54) is 0 Å². The van der Waals surface area contributed by atoms with Crippen LogP contribution >= 0.6 is 11.6 Å². The number of rotatable bonds is 1. The molecule has 0 spiro atoms. The molecule has 2 N–H and O–H groups in total. The minimum absolute atomic E-state index is 0.108. The largest absolute Gasteiger partial charge is 0.421 e. The lowest BCUT2D eigenvalue weighted by atomic mass is 9.96. The maximum absolute atomic E-state index is 12.0. The van der Waals surface area contributed by atoms with E-state index in [1.807, 2.05) is 38.1 Å². The topological polar surface area (TPSA) is 56.2 Å². The molecule has 0 atom stereocenters. The average molecular weight is 300 g/mol. The molecule has 1 heterocycles. The van der Waals surface area contributed by atoms with Gasteiger partial charge in [-0.25, -0.2) is 4.79 Å². The van der Waals surface area contributed by atoms with Crippen LogP contribution in [0.1, 0.15) is 11.1 Å². The number of fused-ring (bicyclic) bond motifs is 1. The molecular weight excluding hydrogens is 286 g/mol. The highest BCUT2D eigenvalue weighted by Gasteiger charge is 2.16. The van der Waals surface area contributed by atoms with Gasteiger partial charge in [0.2, 0.25) is 0 Å². The highest BCUT2D eigenvalue weighted by Crippen LogP contribution is 2.35. The molecule has 0 aliphatic heterocycles. The third kappa shape index (κ3) is 2.20. The number of hydrogen-bond donors (Lipinski definition) is 1. The molecule has 3 nitrogen and oxygen atoms in total. The maximum atomic E-state index is 12.0. The summed E-state index contributed by atoms with van der Waals surface area (Å²) in [5.41, 5.74) is 9.55. The van der Waals surface area contributed by atoms with Crippen molar-refractivity contribution in [2.45, 2.75) is 13.8 Å². The first-order valence-electron chi connectivity index (χ1n) is 6.57. The van der Waals surface area contributed by atoms with Gasteiger partial charge in [-0.2, -0.15) is 0 Å². The minimum atomic E-state index is -0.525. The van der Waals surface area contributed by atoms with Crippen molar-refractivity contribution in [2.75, 3.05) is 5.73 Å². The van der Waals surface area contributed by atoms with Crippen LogP contribution in [0.3, 0.4) is 0 Å². The summed E-state index contributed by atoms with van der Waals surface area (Å²) < 4.78 is 5.29. The van der Waals surface area contributed by atoms with E-state index in [4.69, 9.17) is 21.8 Å². The van der Waals surface area contributed by atoms with Crippen molar-refractivity contribution >= 4 is 28.3 Å². The Kier molecular flexibility index (Phi) is 3.22. The van der Waals surface area contributed by atoms with Crippen LogP contribution in [0.25, 0.3) is 22.1 Å². The molecule has 0 bridgehead atoms. The summed E-state index contributed by atoms with van der Waals surface area (Å²) in [5.74, 6) is 0. The van der Waals surface area contributed by atoms with Crippen LogP contribution in [-0.2, 0) is 0 Å². The van der Waals surface area contributed by atoms with Crippen LogP contribution in [0.4, 0.5) is 5.69 Å². The first kappa shape index (κ1) is 13.7. The highest BCUT2D eigenvalue weighted by atomic mass is 35.5. The van der Waals surface area contributed by atoms with Gasteiger partial charge in [0.15, 0.2) is 0 Å². The summed E-state index contributed by atoms with van der Waals surface area (Å²) in [6.07, 6.45) is 0. The van der Waals surface area contributed by atoms with E-state index >= 15 is 0 Å². The molecule has 0 saturated heterocycles. The molecule has 0 unspecified atom stereocenters. The van der Waals surface area contributed by atoms with Crippen LogP contribution in [-0.4, -0.2) is 0 Å². The van der Waals surface area contributed by atoms with E-state index in [1.54, 1.807) is 12.1 Å². The molecule has 0 saturated carbocycles. The van der Waals surface area contributed by atoms with Crippen LogP contribution in [0.2, 0.25) is 5.02 Å². The predicted molar refractivity (Wildman–Crippen MR) is 86.8 cm³/mol. The van der Waals surface area contributed by atoms with Crippen LogP contribution < -0.4 is 11.4 Å². The van der Waals surface area contributed by atoms with Crippen molar-refractivity contribution in [3.05, 3.63) is 63.0 Å². The summed E-state index contributed by atoms with van der Waals surface area (Å²) in [6.45, 7) is 3.84. The zero-order valence-electron chi connectivity index (χ0n) is 11.7. The van der Waals surface area contributed by atoms with E-state index in [-0.39, 0.29) is 5.69 Å². The van der Waals surface area contributed by atoms with Gasteiger partial charge >= 0.3 is 5.63 Å². The van der Waals surface area contributed by atoms with Gasteiger partial charge in [-0.1, -0.05) is 35.9 Å². The fourth-order valence-corrected chi connectivity index (χ4v) is 2.64. The molecule has 4 heteroatoms. The fourth-order valence-electron chi connectivity index (χ4n) is 2.48. The van der Waals surface area contributed by atoms with E-state index in [9.17, 15) is 4.79 Å². The zero-order chi connectivity index (χ0) is 15.1. The summed E-state index contributed by atoms with van der Waals surface area (Å²) in [4.78, 5) is 12.0. The number of nitrogens with two attached hydrogens (primary N) is 1. The Labute approximate surface area is 127 Å². The SMILES string of the molecule is Cc1cc2oc(=O)c(N)c(-c3ccccc3C)c2cc1Cl. The summed E-state index contributed by atoms with van der Waals surface area (Å²) >= 11 is 6.22. The molecule has 0 fully saturated rings. The number of anilines is 1. The molecule has 0 amide bonds. The first-order chi connectivity index (χ1) is 9.99. The number of halogens is 1. The Morgan fingerprint density at radius 3 is 2.52 bits per heavy atom. The Balaban J connectivity index is 2.51. The van der Waals surface area contributed by atoms with Gasteiger partial charge < -0.3 is 10.2 Å². The number of nitrogen functional groups attached to an aromatic ring is 1. The van der Waals surface area contributed by atoms with Gasteiger partial charge in [-0.3, -0.25) is 0 Å². The molecule has 21 heavy (non-hydrogen) atoms. The van der Waals surface area contributed by atoms with Gasteiger partial charge in [0.25, 0.3) is 0 Å². The molecule has 0 aliphatic carbocycles. The summed E-state index contributed by atoms with van der Waals surface area (Å²) in [6, 6.07) is 11.3. The lowest BCUT2D eigenvalue weighted by Crippen LogP contribution is -2.09. The Bertz CT molecular complexity index is 913. The molecule has 2 aromatic carbocycles. The second-order valence-electron chi connectivity index (χ2n) is 5.09. The minimum Gasteiger partial charge on any atom is -0.421 e. The zero-order valence-corrected chi connectivity index (χ0v) is 12.5. The molecule has 3 rings (SSSR count). The predicted octanol–water partition coefficient (Wildman–Crippen LogP) is 4.31. The van der Waals surface area contributed by atoms with Crippen LogP contribution in [0, 0.1) is 13.8 Å². The van der Waals surface area contributed by atoms with Crippen molar-refractivity contribution in [1.29, 1.82) is 0 Å². The van der Waals surface area contributed by atoms with E-state index in [0.29, 0.717) is 16.2 Å². The van der Waals surface area contributed by atoms with Gasteiger partial charge in [0.05, 0.1) is 0 Å². The lowest BCUT2D eigenvalue weighted by Gasteiger charge is -2.12. The Hall–Kier alpha value is -2.26. The second kappa shape index (κ2) is 4.93. The van der Waals surface area contributed by atoms with Crippen molar-refractivity contribution in [3.63, 3.8) is 0 Å². The molecule has 3 aromatic rings. The number of hydrogen-bond acceptors (Lipinski definition) is 3. The Morgan fingerprint density at radius 1 is 1.10 bits per heavy atom. The van der Waals surface area contributed by atoms with Crippen molar-refractivity contribution in [3.8, 4) is 11.1 Å². The monoisotopic (exact) mass is 299 g/mol. The normalized spacial score (nSPS) is 11.0. The fraction of sp³-hybridized carbons (Fsp3) is 0.118. The summed E-state index contributed by atoms with van der Waals surface area (Å²) in [5, 5.41) is 1.36. The van der Waals surface area contributed by atoms with Crippen LogP contribution in [0.15, 0.2) is 45.6 Å². The van der Waals surface area contributed by atoms with E-state index in [0.717, 1.165) is 22.1 Å². The van der Waals surface area contributed by atoms with Gasteiger partial charge in [-0.15, -0.1) is 0 Å². The molecule has 106 valence electrons. The quantitative estimate of drug-likeness (QED) is 0.681. The van der Waals surface area contributed by atoms with E-state index in [2.05, 4.69) is 0 Å². The van der Waals surface area contributed by atoms with Crippen molar-refractivity contribution in [1.82, 2.24) is 0 Å². The molecule has 0 aliphatic rings. The molecule has 1 aromatic heterocycles. The van der Waals surface area contributed by atoms with E-state index < -0.39 is 5.63 Å². The van der Waals surface area contributed by atoms with Crippen molar-refractivity contribution in [2.24, 2.45) is 0 Å². The third-order valence-electron chi connectivity index (χ3n) is 3.64. The lowest BCUT2D eigenvalue weighted by molar-refractivity contribution is 0.564. The van der Waals surface area contributed by atoms with Crippen molar-refractivity contribution < 1.29 is 4.42 Å². The average Bonchev–Trinajstić information content (AvgIpc) is 2.44. The molecular formula is C17H14ClNO2. The van der Waals surface area contributed by atoms with Crippen LogP contribution in [0.5, 0.6) is 0 Å².